The lowest BCUT2D eigenvalue weighted by atomic mass is 9.99. The number of carbonyl (C=O) groups excluding carboxylic acids is 1. The predicted octanol–water partition coefficient (Wildman–Crippen LogP) is 1.74. The maximum atomic E-state index is 13.7. The monoisotopic (exact) mass is 306 g/mol. The van der Waals surface area contributed by atoms with Crippen molar-refractivity contribution in [2.45, 2.75) is 32.7 Å². The predicted molar refractivity (Wildman–Crippen MR) is 84.8 cm³/mol. The molecule has 5 nitrogen and oxygen atoms in total. The Bertz CT molecular complexity index is 667. The van der Waals surface area contributed by atoms with Crippen LogP contribution in [-0.4, -0.2) is 28.0 Å². The minimum atomic E-state index is -0.497. The average molecular weight is 306 g/mol. The number of nitrogens with two attached hydrogens (primary N) is 1. The van der Waals surface area contributed by atoms with E-state index in [9.17, 15) is 9.18 Å². The third-order valence-electron chi connectivity index (χ3n) is 4.16. The maximum absolute atomic E-state index is 13.7. The summed E-state index contributed by atoms with van der Waals surface area (Å²) in [6.07, 6.45) is 1.39. The van der Waals surface area contributed by atoms with Gasteiger partial charge in [-0.25, -0.2) is 9.37 Å². The third-order valence-corrected chi connectivity index (χ3v) is 4.16. The second-order valence-electron chi connectivity index (χ2n) is 5.65. The van der Waals surface area contributed by atoms with E-state index in [-0.39, 0.29) is 17.6 Å². The van der Waals surface area contributed by atoms with Crippen molar-refractivity contribution in [3.63, 3.8) is 0 Å². The molecule has 1 aromatic heterocycles. The number of hydrogen-bond donors (Lipinski definition) is 2. The maximum Gasteiger partial charge on any atom is 0.237 e. The second kappa shape index (κ2) is 6.87. The van der Waals surface area contributed by atoms with Gasteiger partial charge in [0.15, 0.2) is 5.82 Å². The van der Waals surface area contributed by atoms with Gasteiger partial charge in [-0.3, -0.25) is 4.79 Å². The summed E-state index contributed by atoms with van der Waals surface area (Å²) in [5.74, 6) is 0.392. The number of benzene rings is 1. The van der Waals surface area contributed by atoms with Crippen LogP contribution < -0.4 is 11.1 Å². The lowest BCUT2D eigenvalue weighted by molar-refractivity contribution is -0.123. The zero-order chi connectivity index (χ0) is 16.3. The van der Waals surface area contributed by atoms with Gasteiger partial charge >= 0.3 is 0 Å². The molecule has 1 aromatic carbocycles. The first-order valence-electron chi connectivity index (χ1n) is 7.58. The number of amides is 1. The van der Waals surface area contributed by atoms with Crippen molar-refractivity contribution in [3.8, 4) is 0 Å². The molecule has 2 aromatic rings. The van der Waals surface area contributed by atoms with E-state index < -0.39 is 6.04 Å². The average Bonchev–Trinajstić information content (AvgIpc) is 2.84. The van der Waals surface area contributed by atoms with Gasteiger partial charge in [-0.15, -0.1) is 0 Å². The van der Waals surface area contributed by atoms with Gasteiger partial charge in [0.05, 0.1) is 11.6 Å². The minimum absolute atomic E-state index is 0.143. The normalized spacial score (nSPS) is 14.0. The highest BCUT2D eigenvalue weighted by atomic mass is 19.1. The second-order valence-corrected chi connectivity index (χ2v) is 5.65. The first kappa shape index (κ1) is 16.4. The lowest BCUT2D eigenvalue weighted by Crippen LogP contribution is -2.45. The van der Waals surface area contributed by atoms with E-state index >= 15 is 0 Å². The van der Waals surface area contributed by atoms with Crippen LogP contribution >= 0.6 is 0 Å². The fourth-order valence-electron chi connectivity index (χ4n) is 2.38. The van der Waals surface area contributed by atoms with Crippen LogP contribution in [0.2, 0.25) is 0 Å². The van der Waals surface area contributed by atoms with E-state index in [0.29, 0.717) is 18.5 Å². The zero-order valence-electron chi connectivity index (χ0n) is 13.3. The molecule has 0 saturated carbocycles. The van der Waals surface area contributed by atoms with E-state index in [1.165, 1.54) is 6.07 Å². The van der Waals surface area contributed by atoms with E-state index in [0.717, 1.165) is 17.8 Å². The molecule has 1 heterocycles. The van der Waals surface area contributed by atoms with Crippen LogP contribution in [0.15, 0.2) is 18.2 Å². The van der Waals surface area contributed by atoms with Crippen LogP contribution in [0.1, 0.15) is 26.1 Å². The fraction of sp³-hybridized carbons (Fsp3) is 0.500. The fourth-order valence-corrected chi connectivity index (χ4v) is 2.38. The van der Waals surface area contributed by atoms with E-state index in [2.05, 4.69) is 10.3 Å². The van der Waals surface area contributed by atoms with Gasteiger partial charge in [-0.2, -0.15) is 0 Å². The molecular weight excluding hydrogens is 283 g/mol. The Kier molecular flexibility index (Phi) is 5.13. The van der Waals surface area contributed by atoms with E-state index in [4.69, 9.17) is 5.73 Å². The number of imidazole rings is 1. The number of para-hydroxylation sites is 1. The van der Waals surface area contributed by atoms with Crippen LogP contribution in [0.5, 0.6) is 0 Å². The SMILES string of the molecule is CCC(C)C(N)C(=O)NCCc1nc2c(F)cccc2n1C. The van der Waals surface area contributed by atoms with Gasteiger partial charge in [0.25, 0.3) is 0 Å². The summed E-state index contributed by atoms with van der Waals surface area (Å²) in [5, 5.41) is 2.82. The van der Waals surface area contributed by atoms with Crippen LogP contribution in [0.4, 0.5) is 4.39 Å². The van der Waals surface area contributed by atoms with Crippen molar-refractivity contribution in [2.75, 3.05) is 6.54 Å². The van der Waals surface area contributed by atoms with Gasteiger partial charge in [-0.05, 0) is 18.1 Å². The molecule has 2 atom stereocenters. The molecule has 0 aliphatic carbocycles. The summed E-state index contributed by atoms with van der Waals surface area (Å²) in [6.45, 7) is 4.39. The third kappa shape index (κ3) is 3.27. The molecular formula is C16H23FN4O. The minimum Gasteiger partial charge on any atom is -0.354 e. The van der Waals surface area contributed by atoms with Gasteiger partial charge in [0, 0.05) is 20.0 Å². The van der Waals surface area contributed by atoms with Crippen molar-refractivity contribution < 1.29 is 9.18 Å². The molecule has 2 unspecified atom stereocenters. The van der Waals surface area contributed by atoms with Gasteiger partial charge in [0.1, 0.15) is 11.3 Å². The van der Waals surface area contributed by atoms with Crippen LogP contribution in [0.3, 0.4) is 0 Å². The number of aromatic nitrogens is 2. The van der Waals surface area contributed by atoms with Gasteiger partial charge < -0.3 is 15.6 Å². The number of halogens is 1. The molecule has 0 fully saturated rings. The summed E-state index contributed by atoms with van der Waals surface area (Å²) >= 11 is 0. The zero-order valence-corrected chi connectivity index (χ0v) is 13.3. The van der Waals surface area contributed by atoms with Crippen LogP contribution in [0.25, 0.3) is 11.0 Å². The number of nitrogens with zero attached hydrogens (tertiary/aromatic N) is 2. The molecule has 0 aliphatic rings. The largest absolute Gasteiger partial charge is 0.354 e. The molecule has 0 saturated heterocycles. The number of aryl methyl sites for hydroxylation is 1. The number of hydrogen-bond acceptors (Lipinski definition) is 3. The molecule has 0 spiro atoms. The highest BCUT2D eigenvalue weighted by Gasteiger charge is 2.19. The number of rotatable bonds is 6. The molecule has 0 bridgehead atoms. The summed E-state index contributed by atoms with van der Waals surface area (Å²) in [7, 11) is 1.84. The molecule has 1 amide bonds. The van der Waals surface area contributed by atoms with Gasteiger partial charge in [-0.1, -0.05) is 26.3 Å². The van der Waals surface area contributed by atoms with E-state index in [1.807, 2.05) is 31.5 Å². The Morgan fingerprint density at radius 2 is 2.23 bits per heavy atom. The summed E-state index contributed by atoms with van der Waals surface area (Å²) < 4.78 is 15.5. The standard InChI is InChI=1S/C16H23FN4O/c1-4-10(2)14(18)16(22)19-9-8-13-20-15-11(17)6-5-7-12(15)21(13)3/h5-7,10,14H,4,8-9,18H2,1-3H3,(H,19,22). The Hall–Kier alpha value is -1.95. The van der Waals surface area contributed by atoms with Crippen LogP contribution in [0, 0.1) is 11.7 Å². The van der Waals surface area contributed by atoms with Crippen molar-refractivity contribution in [1.82, 2.24) is 14.9 Å². The summed E-state index contributed by atoms with van der Waals surface area (Å²) in [6, 6.07) is 4.39. The molecule has 120 valence electrons. The molecule has 0 radical (unpaired) electrons. The summed E-state index contributed by atoms with van der Waals surface area (Å²) in [4.78, 5) is 16.2. The van der Waals surface area contributed by atoms with Crippen molar-refractivity contribution in [2.24, 2.45) is 18.7 Å². The smallest absolute Gasteiger partial charge is 0.237 e. The van der Waals surface area contributed by atoms with Crippen LogP contribution in [-0.2, 0) is 18.3 Å². The molecule has 22 heavy (non-hydrogen) atoms. The molecule has 0 aliphatic heterocycles. The molecule has 2 rings (SSSR count). The lowest BCUT2D eigenvalue weighted by Gasteiger charge is -2.17. The number of carbonyl (C=O) groups is 1. The molecule has 3 N–H and O–H groups in total. The highest BCUT2D eigenvalue weighted by molar-refractivity contribution is 5.81. The Morgan fingerprint density at radius 3 is 2.86 bits per heavy atom. The topological polar surface area (TPSA) is 72.9 Å². The number of fused-ring (bicyclic) bond motifs is 1. The van der Waals surface area contributed by atoms with Crippen molar-refractivity contribution in [3.05, 3.63) is 29.8 Å². The van der Waals surface area contributed by atoms with E-state index in [1.54, 1.807) is 6.07 Å². The van der Waals surface area contributed by atoms with Crippen molar-refractivity contribution >= 4 is 16.9 Å². The van der Waals surface area contributed by atoms with Crippen molar-refractivity contribution in [1.29, 1.82) is 0 Å². The highest BCUT2D eigenvalue weighted by Crippen LogP contribution is 2.18. The number of nitrogens with one attached hydrogen (secondary N) is 1. The first-order chi connectivity index (χ1) is 10.5. The molecule has 6 heteroatoms. The quantitative estimate of drug-likeness (QED) is 0.854. The first-order valence-corrected chi connectivity index (χ1v) is 7.58. The van der Waals surface area contributed by atoms with Gasteiger partial charge in [0.2, 0.25) is 5.91 Å². The summed E-state index contributed by atoms with van der Waals surface area (Å²) in [5.41, 5.74) is 6.99. The Morgan fingerprint density at radius 1 is 1.50 bits per heavy atom. The Balaban J connectivity index is 1.99. The Labute approximate surface area is 129 Å².